The summed E-state index contributed by atoms with van der Waals surface area (Å²) in [5.74, 6) is 4.63. The lowest BCUT2D eigenvalue weighted by molar-refractivity contribution is 0.0515. The van der Waals surface area contributed by atoms with Gasteiger partial charge >= 0.3 is 0 Å². The number of benzene rings is 1. The molecular formula is C28H48O2. The average Bonchev–Trinajstić information content (AvgIpc) is 2.68. The van der Waals surface area contributed by atoms with Crippen molar-refractivity contribution in [2.24, 2.45) is 17.8 Å². The van der Waals surface area contributed by atoms with E-state index in [0.29, 0.717) is 0 Å². The van der Waals surface area contributed by atoms with Gasteiger partial charge in [-0.15, -0.1) is 0 Å². The molecule has 3 unspecified atom stereocenters. The summed E-state index contributed by atoms with van der Waals surface area (Å²) in [6.45, 7) is 14.0. The molecule has 30 heavy (non-hydrogen) atoms. The lowest BCUT2D eigenvalue weighted by Gasteiger charge is -2.37. The zero-order valence-electron chi connectivity index (χ0n) is 21.0. The molecular weight excluding hydrogens is 368 g/mol. The predicted octanol–water partition coefficient (Wildman–Crippen LogP) is 8.53. The smallest absolute Gasteiger partial charge is 0.126 e. The summed E-state index contributed by atoms with van der Waals surface area (Å²) >= 11 is 0. The highest BCUT2D eigenvalue weighted by Gasteiger charge is 2.32. The maximum Gasteiger partial charge on any atom is 0.126 e. The summed E-state index contributed by atoms with van der Waals surface area (Å²) in [7, 11) is 1.74. The number of fused-ring (bicyclic) bond motifs is 1. The number of methoxy groups -OCH3 is 1. The Bertz CT molecular complexity index is 636. The van der Waals surface area contributed by atoms with Gasteiger partial charge in [-0.2, -0.15) is 0 Å². The van der Waals surface area contributed by atoms with Crippen LogP contribution in [0.1, 0.15) is 110 Å². The third-order valence-corrected chi connectivity index (χ3v) is 7.11. The molecule has 0 saturated heterocycles. The van der Waals surface area contributed by atoms with Gasteiger partial charge in [0.05, 0.1) is 7.11 Å². The molecule has 1 aliphatic heterocycles. The molecule has 0 spiro atoms. The van der Waals surface area contributed by atoms with Crippen LogP contribution >= 0.6 is 0 Å². The van der Waals surface area contributed by atoms with E-state index in [9.17, 15) is 0 Å². The average molecular weight is 417 g/mol. The zero-order chi connectivity index (χ0) is 22.1. The van der Waals surface area contributed by atoms with Crippen molar-refractivity contribution in [3.05, 3.63) is 23.3 Å². The van der Waals surface area contributed by atoms with E-state index in [1.165, 1.54) is 62.5 Å². The molecule has 0 amide bonds. The number of hydrogen-bond acceptors (Lipinski definition) is 2. The first-order valence-electron chi connectivity index (χ1n) is 12.6. The molecule has 0 saturated carbocycles. The maximum absolute atomic E-state index is 6.54. The Morgan fingerprint density at radius 3 is 2.13 bits per heavy atom. The quantitative estimate of drug-likeness (QED) is 0.321. The molecule has 0 radical (unpaired) electrons. The highest BCUT2D eigenvalue weighted by molar-refractivity contribution is 5.48. The van der Waals surface area contributed by atoms with Gasteiger partial charge in [-0.3, -0.25) is 0 Å². The predicted molar refractivity (Wildman–Crippen MR) is 130 cm³/mol. The van der Waals surface area contributed by atoms with Crippen LogP contribution in [0.15, 0.2) is 12.1 Å². The second-order valence-electron chi connectivity index (χ2n) is 10.8. The van der Waals surface area contributed by atoms with E-state index in [0.717, 1.165) is 48.5 Å². The molecule has 2 rings (SSSR count). The first-order chi connectivity index (χ1) is 14.2. The Hall–Kier alpha value is -1.18. The minimum absolute atomic E-state index is 0.0169. The molecule has 0 aliphatic carbocycles. The molecule has 0 N–H and O–H groups in total. The molecule has 0 bridgehead atoms. The van der Waals surface area contributed by atoms with Gasteiger partial charge in [-0.1, -0.05) is 72.6 Å². The van der Waals surface area contributed by atoms with Gasteiger partial charge in [0.15, 0.2) is 0 Å². The number of aryl methyl sites for hydroxylation is 2. The van der Waals surface area contributed by atoms with Crippen molar-refractivity contribution in [3.63, 3.8) is 0 Å². The molecule has 1 heterocycles. The molecule has 1 aromatic rings. The van der Waals surface area contributed by atoms with Crippen LogP contribution in [0.5, 0.6) is 11.5 Å². The van der Waals surface area contributed by atoms with Gasteiger partial charge in [0.25, 0.3) is 0 Å². The van der Waals surface area contributed by atoms with Crippen molar-refractivity contribution < 1.29 is 9.47 Å². The van der Waals surface area contributed by atoms with Gasteiger partial charge in [-0.25, -0.2) is 0 Å². The Labute approximate surface area is 187 Å². The normalized spacial score (nSPS) is 20.5. The standard InChI is InChI=1S/C28H48O2/c1-21(2)11-8-12-22(3)13-9-14-23(4)15-10-17-28(6)18-16-25-20-26(29-7)19-24(5)27(25)30-28/h19-23H,8-18H2,1-7H3. The number of ether oxygens (including phenoxy) is 2. The van der Waals surface area contributed by atoms with Crippen LogP contribution in [0.3, 0.4) is 0 Å². The van der Waals surface area contributed by atoms with Gasteiger partial charge in [0.2, 0.25) is 0 Å². The van der Waals surface area contributed by atoms with Gasteiger partial charge in [0, 0.05) is 0 Å². The molecule has 1 aliphatic rings. The van der Waals surface area contributed by atoms with Crippen LogP contribution < -0.4 is 9.47 Å². The fourth-order valence-electron chi connectivity index (χ4n) is 4.94. The Morgan fingerprint density at radius 2 is 1.53 bits per heavy atom. The molecule has 1 aromatic carbocycles. The fourth-order valence-corrected chi connectivity index (χ4v) is 4.94. The second-order valence-corrected chi connectivity index (χ2v) is 10.8. The fraction of sp³-hybridized carbons (Fsp3) is 0.786. The van der Waals surface area contributed by atoms with Crippen molar-refractivity contribution in [2.45, 2.75) is 118 Å². The largest absolute Gasteiger partial charge is 0.497 e. The van der Waals surface area contributed by atoms with Crippen LogP contribution in [0.25, 0.3) is 0 Å². The Morgan fingerprint density at radius 1 is 0.933 bits per heavy atom. The first-order valence-corrected chi connectivity index (χ1v) is 12.6. The van der Waals surface area contributed by atoms with Crippen molar-refractivity contribution in [2.75, 3.05) is 7.11 Å². The van der Waals surface area contributed by atoms with Crippen LogP contribution in [-0.2, 0) is 6.42 Å². The molecule has 0 aromatic heterocycles. The first kappa shape index (κ1) is 25.1. The molecule has 3 atom stereocenters. The second kappa shape index (κ2) is 12.0. The zero-order valence-corrected chi connectivity index (χ0v) is 21.0. The topological polar surface area (TPSA) is 18.5 Å². The summed E-state index contributed by atoms with van der Waals surface area (Å²) < 4.78 is 12.0. The summed E-state index contributed by atoms with van der Waals surface area (Å²) in [6.07, 6.45) is 14.3. The van der Waals surface area contributed by atoms with E-state index in [-0.39, 0.29) is 5.60 Å². The lowest BCUT2D eigenvalue weighted by Crippen LogP contribution is -2.36. The summed E-state index contributed by atoms with van der Waals surface area (Å²) in [4.78, 5) is 0. The minimum atomic E-state index is -0.0169. The monoisotopic (exact) mass is 416 g/mol. The van der Waals surface area contributed by atoms with E-state index in [1.54, 1.807) is 7.11 Å². The third kappa shape index (κ3) is 8.16. The Kier molecular flexibility index (Phi) is 10.0. The van der Waals surface area contributed by atoms with Gasteiger partial charge in [0.1, 0.15) is 17.1 Å². The lowest BCUT2D eigenvalue weighted by atomic mass is 9.85. The number of hydrogen-bond donors (Lipinski definition) is 0. The van der Waals surface area contributed by atoms with E-state index < -0.39 is 0 Å². The van der Waals surface area contributed by atoms with Crippen LogP contribution in [-0.4, -0.2) is 12.7 Å². The van der Waals surface area contributed by atoms with Crippen molar-refractivity contribution in [1.82, 2.24) is 0 Å². The molecule has 2 nitrogen and oxygen atoms in total. The highest BCUT2D eigenvalue weighted by atomic mass is 16.5. The van der Waals surface area contributed by atoms with Gasteiger partial charge < -0.3 is 9.47 Å². The van der Waals surface area contributed by atoms with Crippen molar-refractivity contribution >= 4 is 0 Å². The van der Waals surface area contributed by atoms with Crippen LogP contribution in [0, 0.1) is 24.7 Å². The molecule has 0 fully saturated rings. The maximum atomic E-state index is 6.54. The van der Waals surface area contributed by atoms with Crippen LogP contribution in [0.4, 0.5) is 0 Å². The SMILES string of the molecule is COc1cc(C)c2c(c1)CCC(C)(CCCC(C)CCCC(C)CCCC(C)C)O2. The van der Waals surface area contributed by atoms with Crippen LogP contribution in [0.2, 0.25) is 0 Å². The molecule has 172 valence electrons. The highest BCUT2D eigenvalue weighted by Crippen LogP contribution is 2.40. The van der Waals surface area contributed by atoms with E-state index in [4.69, 9.17) is 9.47 Å². The minimum Gasteiger partial charge on any atom is -0.497 e. The van der Waals surface area contributed by atoms with E-state index >= 15 is 0 Å². The summed E-state index contributed by atoms with van der Waals surface area (Å²) in [5, 5.41) is 0. The third-order valence-electron chi connectivity index (χ3n) is 7.11. The van der Waals surface area contributed by atoms with Crippen molar-refractivity contribution in [3.8, 4) is 11.5 Å². The van der Waals surface area contributed by atoms with E-state index in [2.05, 4.69) is 53.7 Å². The summed E-state index contributed by atoms with van der Waals surface area (Å²) in [5.41, 5.74) is 2.49. The van der Waals surface area contributed by atoms with Crippen molar-refractivity contribution in [1.29, 1.82) is 0 Å². The summed E-state index contributed by atoms with van der Waals surface area (Å²) in [6, 6.07) is 4.24. The van der Waals surface area contributed by atoms with Gasteiger partial charge in [-0.05, 0) is 80.5 Å². The number of rotatable bonds is 13. The molecule has 2 heteroatoms. The Balaban J connectivity index is 1.67. The van der Waals surface area contributed by atoms with E-state index in [1.807, 2.05) is 0 Å².